The van der Waals surface area contributed by atoms with Crippen LogP contribution in [0.15, 0.2) is 152 Å². The summed E-state index contributed by atoms with van der Waals surface area (Å²) in [6.07, 6.45) is -0.132. The Balaban J connectivity index is 0.00000139. The van der Waals surface area contributed by atoms with Crippen molar-refractivity contribution in [3.8, 4) is 0 Å². The number of halogens is 4. The Morgan fingerprint density at radius 1 is 0.361 bits per heavy atom. The molecule has 0 saturated carbocycles. The maximum absolute atomic E-state index is 12.7. The molecule has 0 saturated heterocycles. The van der Waals surface area contributed by atoms with Crippen molar-refractivity contribution in [2.45, 2.75) is 102 Å². The lowest BCUT2D eigenvalue weighted by Gasteiger charge is -2.19. The Morgan fingerprint density at radius 2 is 0.567 bits per heavy atom. The SMILES string of the molecule is CCOC(=O)[C@@H](N)Cc1ccccc1.CCOC(=O)[C@H](Cc1ccccc1)NS(=O)(=O)CCCS(=O)(=O)N[C@@H](Cc1ccccc1)C(=O)OCC.Cl.Cl.O=C(O)[C@H](Cc1ccccc1)NS(=O)(=O)CCCS(=O)(=O)N[C@@H](Cc1ccccc1)C(=O)O.O=S(=O)(Cl)CCCS(=O)(=O)Cl. The first-order valence-electron chi connectivity index (χ1n) is 29.2. The first kappa shape index (κ1) is 91.1. The first-order chi connectivity index (χ1) is 44.5. The van der Waals surface area contributed by atoms with Crippen molar-refractivity contribution >= 4 is 134 Å². The summed E-state index contributed by atoms with van der Waals surface area (Å²) in [4.78, 5) is 58.8. The fourth-order valence-corrected chi connectivity index (χ4v) is 15.4. The molecule has 0 aliphatic rings. The van der Waals surface area contributed by atoms with Gasteiger partial charge in [-0.15, -0.1) is 24.8 Å². The molecule has 5 aromatic carbocycles. The summed E-state index contributed by atoms with van der Waals surface area (Å²) in [5, 5.41) is 18.7. The molecular weight excluding hydrogens is 1480 g/mol. The monoisotopic (exact) mass is 1560 g/mol. The molecule has 5 rings (SSSR count). The van der Waals surface area contributed by atoms with Gasteiger partial charge < -0.3 is 30.2 Å². The molecule has 0 heterocycles. The molecule has 0 spiro atoms. The van der Waals surface area contributed by atoms with Gasteiger partial charge in [0.15, 0.2) is 0 Å². The fourth-order valence-electron chi connectivity index (χ4n) is 8.17. The number of hydrogen-bond donors (Lipinski definition) is 7. The fraction of sp³-hybridized carbons (Fsp3) is 0.417. The van der Waals surface area contributed by atoms with Crippen molar-refractivity contribution in [3.05, 3.63) is 179 Å². The van der Waals surface area contributed by atoms with Gasteiger partial charge >= 0.3 is 29.8 Å². The van der Waals surface area contributed by atoms with Crippen molar-refractivity contribution in [1.29, 1.82) is 0 Å². The van der Waals surface area contributed by atoms with Crippen LogP contribution in [0, 0.1) is 0 Å². The Morgan fingerprint density at radius 3 is 0.794 bits per heavy atom. The molecule has 0 aliphatic carbocycles. The Hall–Kier alpha value is -5.89. The van der Waals surface area contributed by atoms with E-state index in [0.717, 1.165) is 16.7 Å². The lowest BCUT2D eigenvalue weighted by atomic mass is 10.1. The summed E-state index contributed by atoms with van der Waals surface area (Å²) in [7, 11) is -13.9. The highest BCUT2D eigenvalue weighted by Gasteiger charge is 2.30. The summed E-state index contributed by atoms with van der Waals surface area (Å²) >= 11 is 0. The predicted molar refractivity (Wildman–Crippen MR) is 374 cm³/mol. The largest absolute Gasteiger partial charge is 0.480 e. The number of carboxylic acid groups (broad SMARTS) is 2. The molecule has 37 heteroatoms. The second-order valence-corrected chi connectivity index (χ2v) is 33.8. The molecule has 0 amide bonds. The third-order valence-corrected chi connectivity index (χ3v) is 20.8. The summed E-state index contributed by atoms with van der Waals surface area (Å²) in [6, 6.07) is 38.6. The van der Waals surface area contributed by atoms with Crippen molar-refractivity contribution < 1.29 is 98.9 Å². The van der Waals surface area contributed by atoms with Gasteiger partial charge in [-0.3, -0.25) is 24.0 Å². The van der Waals surface area contributed by atoms with Crippen molar-refractivity contribution in [2.24, 2.45) is 5.73 Å². The summed E-state index contributed by atoms with van der Waals surface area (Å²) in [5.74, 6) is -7.60. The normalized spacial score (nSPS) is 13.1. The van der Waals surface area contributed by atoms with E-state index in [1.807, 2.05) is 30.3 Å². The van der Waals surface area contributed by atoms with E-state index in [2.05, 4.69) is 18.9 Å². The number of esters is 3. The van der Waals surface area contributed by atoms with Gasteiger partial charge in [0.1, 0.15) is 30.2 Å². The van der Waals surface area contributed by atoms with Crippen LogP contribution in [-0.4, -0.2) is 175 Å². The van der Waals surface area contributed by atoms with E-state index in [0.29, 0.717) is 24.2 Å². The molecule has 0 unspecified atom stereocenters. The van der Waals surface area contributed by atoms with E-state index in [9.17, 15) is 84.7 Å². The number of rotatable bonds is 38. The van der Waals surface area contributed by atoms with E-state index in [1.54, 1.807) is 142 Å². The quantitative estimate of drug-likeness (QED) is 0.0161. The lowest BCUT2D eigenvalue weighted by Crippen LogP contribution is -2.45. The number of ether oxygens (including phenoxy) is 3. The summed E-state index contributed by atoms with van der Waals surface area (Å²) in [6.45, 7) is 5.55. The second-order valence-electron chi connectivity index (χ2n) is 20.5. The molecule has 0 aliphatic heterocycles. The molecule has 0 bridgehead atoms. The van der Waals surface area contributed by atoms with Crippen LogP contribution in [0.3, 0.4) is 0 Å². The molecule has 5 atom stereocenters. The van der Waals surface area contributed by atoms with Crippen LogP contribution in [0.4, 0.5) is 0 Å². The number of hydrogen-bond acceptors (Lipinski definition) is 21. The predicted octanol–water partition coefficient (Wildman–Crippen LogP) is 4.65. The zero-order valence-electron chi connectivity index (χ0n) is 53.0. The first-order valence-corrected chi connectivity index (χ1v) is 40.8. The van der Waals surface area contributed by atoms with Crippen molar-refractivity contribution in [2.75, 3.05) is 54.3 Å². The van der Waals surface area contributed by atoms with Gasteiger partial charge in [-0.05, 0) is 100.0 Å². The zero-order valence-corrected chi connectivity index (χ0v) is 61.0. The van der Waals surface area contributed by atoms with E-state index >= 15 is 0 Å². The third-order valence-electron chi connectivity index (χ3n) is 12.5. The van der Waals surface area contributed by atoms with Gasteiger partial charge in [-0.25, -0.2) is 69.4 Å². The van der Waals surface area contributed by atoms with Crippen LogP contribution in [0.25, 0.3) is 0 Å². The molecule has 27 nitrogen and oxygen atoms in total. The van der Waals surface area contributed by atoms with Gasteiger partial charge in [0.2, 0.25) is 58.2 Å². The number of aliphatic carboxylic acids is 2. The molecular formula is C60H83Cl4N5O22S6. The second kappa shape index (κ2) is 46.5. The number of sulfonamides is 4. The van der Waals surface area contributed by atoms with Crippen LogP contribution < -0.4 is 24.6 Å². The van der Waals surface area contributed by atoms with E-state index in [-0.39, 0.29) is 100 Å². The molecule has 0 fully saturated rings. The van der Waals surface area contributed by atoms with Gasteiger partial charge in [-0.2, -0.15) is 0 Å². The van der Waals surface area contributed by atoms with E-state index in [1.165, 1.54) is 0 Å². The molecule has 0 radical (unpaired) electrons. The van der Waals surface area contributed by atoms with Gasteiger partial charge in [0.05, 0.1) is 54.3 Å². The minimum absolute atomic E-state index is 0. The number of carbonyl (C=O) groups excluding carboxylic acids is 3. The Bertz CT molecular complexity index is 3650. The van der Waals surface area contributed by atoms with E-state index in [4.69, 9.17) is 41.3 Å². The minimum Gasteiger partial charge on any atom is -0.480 e. The number of benzene rings is 5. The van der Waals surface area contributed by atoms with Gasteiger partial charge in [-0.1, -0.05) is 152 Å². The topological polar surface area (TPSA) is 432 Å². The standard InChI is InChI=1S/C25H34N2O8S2.C21H26N2O8S2.C11H15NO2.C3H6Cl2O4S2.2ClH/c1-3-34-24(28)22(18-20-12-7-5-8-13-20)26-36(30,31)16-11-17-37(32,33)27-23(25(29)35-4-2)19-21-14-9-6-10-15-21;24-20(25)18(14-16-8-3-1-4-9-16)22-32(28,29)12-7-13-33(30,31)23-19(21(26)27)15-17-10-5-2-6-11-17;1-2-14-11(13)10(12)8-9-6-4-3-5-7-9;4-10(6,7)2-1-3-11(5,8)9;;/h5-10,12-15,22-23,26-27H,3-4,11,16-19H2,1-2H3;1-6,8-11,18-19,22-23H,7,12-15H2,(H,24,25)(H,26,27);3-7,10H,2,8,12H2,1H3;1-3H2;2*1H/t22-,23-;18-,19-;10-;;;/m000.../s1. The number of nitrogens with two attached hydrogens (primary N) is 1. The third kappa shape index (κ3) is 43.3. The highest BCUT2D eigenvalue weighted by Crippen LogP contribution is 2.13. The number of carboxylic acids is 2. The number of nitrogens with one attached hydrogen (secondary N) is 4. The summed E-state index contributed by atoms with van der Waals surface area (Å²) in [5.41, 5.74) is 9.42. The average molecular weight is 1560 g/mol. The lowest BCUT2D eigenvalue weighted by molar-refractivity contribution is -0.145. The average Bonchev–Trinajstić information content (AvgIpc) is 1.13. The molecule has 8 N–H and O–H groups in total. The van der Waals surface area contributed by atoms with Crippen LogP contribution in [0.2, 0.25) is 0 Å². The summed E-state index contributed by atoms with van der Waals surface area (Å²) < 4.78 is 165. The van der Waals surface area contributed by atoms with Crippen molar-refractivity contribution in [3.63, 3.8) is 0 Å². The molecule has 0 aromatic heterocycles. The Labute approximate surface area is 589 Å². The van der Waals surface area contributed by atoms with Crippen molar-refractivity contribution in [1.82, 2.24) is 18.9 Å². The Kier molecular flexibility index (Phi) is 43.6. The number of carbonyl (C=O) groups is 5. The van der Waals surface area contributed by atoms with Crippen LogP contribution in [-0.2, 0) is 128 Å². The van der Waals surface area contributed by atoms with Crippen LogP contribution in [0.5, 0.6) is 0 Å². The van der Waals surface area contributed by atoms with Gasteiger partial charge in [0.25, 0.3) is 0 Å². The maximum Gasteiger partial charge on any atom is 0.324 e. The minimum atomic E-state index is -4.10. The smallest absolute Gasteiger partial charge is 0.324 e. The molecule has 544 valence electrons. The highest BCUT2D eigenvalue weighted by molar-refractivity contribution is 8.14. The highest BCUT2D eigenvalue weighted by atomic mass is 35.7. The van der Waals surface area contributed by atoms with Crippen LogP contribution in [0.1, 0.15) is 67.9 Å². The molecule has 97 heavy (non-hydrogen) atoms. The zero-order chi connectivity index (χ0) is 71.3. The van der Waals surface area contributed by atoms with Gasteiger partial charge in [0, 0.05) is 21.4 Å². The van der Waals surface area contributed by atoms with Crippen LogP contribution >= 0.6 is 46.2 Å². The maximum atomic E-state index is 12.7. The van der Waals surface area contributed by atoms with E-state index < -0.39 is 135 Å². The molecule has 5 aromatic rings.